The van der Waals surface area contributed by atoms with Crippen LogP contribution in [0.2, 0.25) is 0 Å². The number of halogens is 4. The van der Waals surface area contributed by atoms with Gasteiger partial charge in [-0.3, -0.25) is 4.79 Å². The third kappa shape index (κ3) is 4.14. The largest absolute Gasteiger partial charge is 0.391 e. The number of alkyl halides is 3. The molecule has 1 N–H and O–H groups in total. The first-order valence-corrected chi connectivity index (χ1v) is 8.86. The van der Waals surface area contributed by atoms with Crippen molar-refractivity contribution in [3.05, 3.63) is 47.0 Å². The Morgan fingerprint density at radius 2 is 1.85 bits per heavy atom. The Kier molecular flexibility index (Phi) is 5.26. The van der Waals surface area contributed by atoms with Crippen molar-refractivity contribution < 1.29 is 22.4 Å². The minimum atomic E-state index is -4.23. The molecule has 2 atom stereocenters. The van der Waals surface area contributed by atoms with Crippen molar-refractivity contribution in [1.29, 1.82) is 0 Å². The molecule has 1 aliphatic rings. The Labute approximate surface area is 154 Å². The Hall–Kier alpha value is -2.38. The number of aromatic nitrogens is 2. The third-order valence-corrected chi connectivity index (χ3v) is 5.06. The summed E-state index contributed by atoms with van der Waals surface area (Å²) in [7, 11) is 0. The van der Waals surface area contributed by atoms with E-state index in [-0.39, 0.29) is 18.7 Å². The molecule has 1 fully saturated rings. The highest BCUT2D eigenvalue weighted by molar-refractivity contribution is 5.96. The van der Waals surface area contributed by atoms with Crippen LogP contribution >= 0.6 is 0 Å². The number of rotatable bonds is 3. The van der Waals surface area contributed by atoms with Crippen molar-refractivity contribution in [1.82, 2.24) is 15.1 Å². The summed E-state index contributed by atoms with van der Waals surface area (Å²) in [5, 5.41) is 7.07. The molecule has 1 aromatic heterocycles. The van der Waals surface area contributed by atoms with Gasteiger partial charge in [0.15, 0.2) is 0 Å². The molecular formula is C19H21F4N3O. The molecule has 1 aromatic carbocycles. The van der Waals surface area contributed by atoms with Crippen LogP contribution in [0.1, 0.15) is 47.4 Å². The number of hydrogen-bond acceptors (Lipinski definition) is 2. The predicted octanol–water partition coefficient (Wildman–Crippen LogP) is 4.48. The van der Waals surface area contributed by atoms with Gasteiger partial charge in [-0.15, -0.1) is 0 Å². The number of nitrogens with zero attached hydrogens (tertiary/aromatic N) is 2. The molecule has 0 aliphatic heterocycles. The van der Waals surface area contributed by atoms with Crippen LogP contribution in [0, 0.1) is 25.6 Å². The Bertz CT molecular complexity index is 827. The van der Waals surface area contributed by atoms with E-state index in [1.807, 2.05) is 0 Å². The van der Waals surface area contributed by atoms with Gasteiger partial charge >= 0.3 is 6.18 Å². The van der Waals surface area contributed by atoms with Gasteiger partial charge in [-0.25, -0.2) is 9.07 Å². The maximum Gasteiger partial charge on any atom is 0.391 e. The zero-order chi connectivity index (χ0) is 19.8. The Morgan fingerprint density at radius 3 is 2.48 bits per heavy atom. The number of amides is 1. The van der Waals surface area contributed by atoms with Gasteiger partial charge in [0, 0.05) is 6.04 Å². The molecule has 0 spiro atoms. The molecule has 4 nitrogen and oxygen atoms in total. The van der Waals surface area contributed by atoms with Crippen LogP contribution < -0.4 is 5.32 Å². The predicted molar refractivity (Wildman–Crippen MR) is 92.3 cm³/mol. The van der Waals surface area contributed by atoms with Gasteiger partial charge in [-0.2, -0.15) is 18.3 Å². The highest BCUT2D eigenvalue weighted by Crippen LogP contribution is 2.37. The van der Waals surface area contributed by atoms with Crippen molar-refractivity contribution in [2.75, 3.05) is 0 Å². The fourth-order valence-corrected chi connectivity index (χ4v) is 3.68. The van der Waals surface area contributed by atoms with Crippen molar-refractivity contribution in [3.63, 3.8) is 0 Å². The molecule has 0 radical (unpaired) electrons. The Balaban J connectivity index is 1.78. The third-order valence-electron chi connectivity index (χ3n) is 5.06. The summed E-state index contributed by atoms with van der Waals surface area (Å²) in [5.74, 6) is -2.18. The van der Waals surface area contributed by atoms with E-state index in [1.165, 1.54) is 16.8 Å². The molecule has 27 heavy (non-hydrogen) atoms. The first-order valence-electron chi connectivity index (χ1n) is 8.86. The lowest BCUT2D eigenvalue weighted by molar-refractivity contribution is -0.183. The number of benzene rings is 1. The van der Waals surface area contributed by atoms with E-state index in [0.717, 1.165) is 0 Å². The Morgan fingerprint density at radius 1 is 1.19 bits per heavy atom. The molecule has 146 valence electrons. The topological polar surface area (TPSA) is 46.9 Å². The van der Waals surface area contributed by atoms with E-state index >= 15 is 0 Å². The fourth-order valence-electron chi connectivity index (χ4n) is 3.68. The van der Waals surface area contributed by atoms with Gasteiger partial charge < -0.3 is 5.32 Å². The summed E-state index contributed by atoms with van der Waals surface area (Å²) in [6.07, 6.45) is -3.26. The summed E-state index contributed by atoms with van der Waals surface area (Å²) in [6, 6.07) is 5.18. The number of carbonyl (C=O) groups excluding carboxylic acids is 1. The molecule has 1 heterocycles. The maximum atomic E-state index is 13.1. The van der Waals surface area contributed by atoms with Gasteiger partial charge in [0.25, 0.3) is 5.91 Å². The quantitative estimate of drug-likeness (QED) is 0.795. The second-order valence-electron chi connectivity index (χ2n) is 7.01. The molecule has 0 saturated heterocycles. The van der Waals surface area contributed by atoms with Crippen molar-refractivity contribution in [3.8, 4) is 5.69 Å². The number of hydrogen-bond donors (Lipinski definition) is 1. The molecule has 1 saturated carbocycles. The molecule has 8 heteroatoms. The second kappa shape index (κ2) is 7.32. The van der Waals surface area contributed by atoms with Crippen LogP contribution in [-0.2, 0) is 0 Å². The molecule has 3 rings (SSSR count). The van der Waals surface area contributed by atoms with Gasteiger partial charge in [0.2, 0.25) is 0 Å². The lowest BCUT2D eigenvalue weighted by atomic mass is 9.85. The van der Waals surface area contributed by atoms with Crippen LogP contribution in [-0.4, -0.2) is 27.9 Å². The van der Waals surface area contributed by atoms with E-state index < -0.39 is 24.0 Å². The van der Waals surface area contributed by atoms with Crippen LogP contribution in [0.3, 0.4) is 0 Å². The highest BCUT2D eigenvalue weighted by Gasteiger charge is 2.42. The van der Waals surface area contributed by atoms with Crippen LogP contribution in [0.5, 0.6) is 0 Å². The van der Waals surface area contributed by atoms with E-state index in [2.05, 4.69) is 10.4 Å². The second-order valence-corrected chi connectivity index (χ2v) is 7.01. The molecule has 0 bridgehead atoms. The fraction of sp³-hybridized carbons (Fsp3) is 0.474. The van der Waals surface area contributed by atoms with Crippen LogP contribution in [0.4, 0.5) is 17.6 Å². The average Bonchev–Trinajstić information content (AvgIpc) is 2.89. The first-order chi connectivity index (χ1) is 12.7. The zero-order valence-corrected chi connectivity index (χ0v) is 15.1. The number of nitrogens with one attached hydrogen (secondary N) is 1. The molecular weight excluding hydrogens is 362 g/mol. The average molecular weight is 383 g/mol. The van der Waals surface area contributed by atoms with E-state index in [0.29, 0.717) is 35.5 Å². The van der Waals surface area contributed by atoms with Gasteiger partial charge in [-0.05, 0) is 57.4 Å². The summed E-state index contributed by atoms with van der Waals surface area (Å²) in [6.45, 7) is 3.37. The molecule has 2 unspecified atom stereocenters. The summed E-state index contributed by atoms with van der Waals surface area (Å²) in [4.78, 5) is 12.7. The number of carbonyl (C=O) groups is 1. The van der Waals surface area contributed by atoms with Crippen molar-refractivity contribution >= 4 is 5.91 Å². The molecule has 1 aliphatic carbocycles. The van der Waals surface area contributed by atoms with E-state index in [9.17, 15) is 22.4 Å². The monoisotopic (exact) mass is 383 g/mol. The summed E-state index contributed by atoms with van der Waals surface area (Å²) >= 11 is 0. The van der Waals surface area contributed by atoms with E-state index in [4.69, 9.17) is 0 Å². The summed E-state index contributed by atoms with van der Waals surface area (Å²) in [5.41, 5.74) is 1.97. The summed E-state index contributed by atoms with van der Waals surface area (Å²) < 4.78 is 53.6. The highest BCUT2D eigenvalue weighted by atomic mass is 19.4. The normalized spacial score (nSPS) is 20.5. The standard InChI is InChI=1S/C19H21F4N3O/c1-11-17(12(2)26(25-11)16-8-6-14(20)7-9-16)18(27)24-15-5-3-4-13(10-15)19(21,22)23/h6-9,13,15H,3-5,10H2,1-2H3,(H,24,27). The first kappa shape index (κ1) is 19.4. The molecule has 1 amide bonds. The minimum absolute atomic E-state index is 0.0978. The van der Waals surface area contributed by atoms with Gasteiger partial charge in [-0.1, -0.05) is 6.42 Å². The number of aryl methyl sites for hydroxylation is 1. The van der Waals surface area contributed by atoms with Gasteiger partial charge in [0.05, 0.1) is 28.6 Å². The van der Waals surface area contributed by atoms with E-state index in [1.54, 1.807) is 26.0 Å². The molecule has 2 aromatic rings. The SMILES string of the molecule is Cc1nn(-c2ccc(F)cc2)c(C)c1C(=O)NC1CCCC(C(F)(F)F)C1. The minimum Gasteiger partial charge on any atom is -0.349 e. The van der Waals surface area contributed by atoms with Gasteiger partial charge in [0.1, 0.15) is 5.82 Å². The smallest absolute Gasteiger partial charge is 0.349 e. The van der Waals surface area contributed by atoms with Crippen molar-refractivity contribution in [2.24, 2.45) is 5.92 Å². The van der Waals surface area contributed by atoms with Crippen LogP contribution in [0.25, 0.3) is 5.69 Å². The zero-order valence-electron chi connectivity index (χ0n) is 15.1. The lowest BCUT2D eigenvalue weighted by Crippen LogP contribution is -2.41. The maximum absolute atomic E-state index is 13.1. The lowest BCUT2D eigenvalue weighted by Gasteiger charge is -2.31. The van der Waals surface area contributed by atoms with Crippen LogP contribution in [0.15, 0.2) is 24.3 Å². The van der Waals surface area contributed by atoms with Crippen molar-refractivity contribution in [2.45, 2.75) is 51.7 Å².